The van der Waals surface area contributed by atoms with Gasteiger partial charge in [-0.15, -0.1) is 0 Å². The van der Waals surface area contributed by atoms with Crippen molar-refractivity contribution in [2.75, 3.05) is 12.4 Å². The van der Waals surface area contributed by atoms with E-state index >= 15 is 0 Å². The lowest BCUT2D eigenvalue weighted by molar-refractivity contribution is -0.0923. The summed E-state index contributed by atoms with van der Waals surface area (Å²) in [5.74, 6) is -0.584. The fourth-order valence-electron chi connectivity index (χ4n) is 2.57. The van der Waals surface area contributed by atoms with Gasteiger partial charge in [-0.25, -0.2) is 4.99 Å². The highest BCUT2D eigenvalue weighted by atomic mass is 19.4. The molecule has 7 heteroatoms. The maximum Gasteiger partial charge on any atom is 0.423 e. The van der Waals surface area contributed by atoms with Crippen molar-refractivity contribution in [2.45, 2.75) is 26.9 Å². The molecule has 2 rings (SSSR count). The number of benzene rings is 1. The quantitative estimate of drug-likeness (QED) is 0.400. The van der Waals surface area contributed by atoms with Gasteiger partial charge in [0.25, 0.3) is 0 Å². The van der Waals surface area contributed by atoms with E-state index in [-0.39, 0.29) is 5.70 Å². The molecular weight excluding hydrogens is 367 g/mol. The SMILES string of the molecule is C=C(Nc1ccc(C)cc1)/C(=C(\N=C(C)c1ncccc1C)OC)C(F)(F)F. The number of halogens is 3. The summed E-state index contributed by atoms with van der Waals surface area (Å²) in [6.07, 6.45) is -3.16. The molecule has 2 aromatic rings. The van der Waals surface area contributed by atoms with E-state index < -0.39 is 17.6 Å². The van der Waals surface area contributed by atoms with E-state index in [9.17, 15) is 13.2 Å². The number of nitrogens with one attached hydrogen (secondary N) is 1. The number of aromatic nitrogens is 1. The molecule has 28 heavy (non-hydrogen) atoms. The van der Waals surface area contributed by atoms with Gasteiger partial charge in [-0.05, 0) is 44.5 Å². The molecule has 1 heterocycles. The normalized spacial score (nSPS) is 13.0. The summed E-state index contributed by atoms with van der Waals surface area (Å²) in [4.78, 5) is 8.24. The number of methoxy groups -OCH3 is 1. The second-order valence-corrected chi connectivity index (χ2v) is 6.22. The zero-order chi connectivity index (χ0) is 20.9. The lowest BCUT2D eigenvalue weighted by Crippen LogP contribution is -2.20. The van der Waals surface area contributed by atoms with Crippen LogP contribution >= 0.6 is 0 Å². The molecule has 0 amide bonds. The van der Waals surface area contributed by atoms with Crippen LogP contribution in [-0.2, 0) is 4.74 Å². The predicted molar refractivity (Wildman–Crippen MR) is 105 cm³/mol. The van der Waals surface area contributed by atoms with Crippen LogP contribution in [-0.4, -0.2) is 24.0 Å². The predicted octanol–water partition coefficient (Wildman–Crippen LogP) is 5.55. The molecule has 0 saturated carbocycles. The molecule has 1 aromatic carbocycles. The zero-order valence-corrected chi connectivity index (χ0v) is 16.2. The minimum absolute atomic E-state index is 0.305. The summed E-state index contributed by atoms with van der Waals surface area (Å²) in [6, 6.07) is 10.5. The van der Waals surface area contributed by atoms with Crippen LogP contribution in [0.3, 0.4) is 0 Å². The molecule has 148 valence electrons. The number of aliphatic imine (C=N–C) groups is 1. The molecule has 0 aliphatic rings. The fourth-order valence-corrected chi connectivity index (χ4v) is 2.57. The van der Waals surface area contributed by atoms with Crippen molar-refractivity contribution in [3.05, 3.63) is 83.1 Å². The Labute approximate surface area is 162 Å². The van der Waals surface area contributed by atoms with Crippen molar-refractivity contribution in [1.82, 2.24) is 4.98 Å². The first-order valence-corrected chi connectivity index (χ1v) is 8.49. The number of rotatable bonds is 6. The number of anilines is 1. The Morgan fingerprint density at radius 3 is 2.32 bits per heavy atom. The molecule has 0 aliphatic carbocycles. The van der Waals surface area contributed by atoms with Crippen molar-refractivity contribution in [1.29, 1.82) is 0 Å². The van der Waals surface area contributed by atoms with Crippen LogP contribution in [0.1, 0.15) is 23.7 Å². The molecule has 0 atom stereocenters. The molecule has 1 aromatic heterocycles. The average molecular weight is 389 g/mol. The molecule has 0 radical (unpaired) electrons. The number of aryl methyl sites for hydroxylation is 2. The number of ether oxygens (including phenoxy) is 1. The maximum atomic E-state index is 13.8. The van der Waals surface area contributed by atoms with Crippen LogP contribution in [0.25, 0.3) is 0 Å². The van der Waals surface area contributed by atoms with Crippen molar-refractivity contribution >= 4 is 11.4 Å². The highest BCUT2D eigenvalue weighted by Gasteiger charge is 2.40. The average Bonchev–Trinajstić information content (AvgIpc) is 2.62. The summed E-state index contributed by atoms with van der Waals surface area (Å²) < 4.78 is 46.3. The molecule has 0 fully saturated rings. The van der Waals surface area contributed by atoms with Crippen LogP contribution < -0.4 is 5.32 Å². The van der Waals surface area contributed by atoms with E-state index in [1.165, 1.54) is 0 Å². The van der Waals surface area contributed by atoms with Gasteiger partial charge in [0.2, 0.25) is 5.88 Å². The van der Waals surface area contributed by atoms with Crippen LogP contribution in [0, 0.1) is 13.8 Å². The molecule has 0 aliphatic heterocycles. The molecule has 0 unspecified atom stereocenters. The summed E-state index contributed by atoms with van der Waals surface area (Å²) in [7, 11) is 1.14. The minimum Gasteiger partial charge on any atom is -0.480 e. The highest BCUT2D eigenvalue weighted by Crippen LogP contribution is 2.34. The van der Waals surface area contributed by atoms with Gasteiger partial charge in [-0.1, -0.05) is 30.3 Å². The van der Waals surface area contributed by atoms with Crippen molar-refractivity contribution < 1.29 is 17.9 Å². The maximum absolute atomic E-state index is 13.8. The second-order valence-electron chi connectivity index (χ2n) is 6.22. The largest absolute Gasteiger partial charge is 0.480 e. The highest BCUT2D eigenvalue weighted by molar-refractivity contribution is 5.98. The van der Waals surface area contributed by atoms with Gasteiger partial charge in [0.05, 0.1) is 18.5 Å². The number of alkyl halides is 3. The van der Waals surface area contributed by atoms with Crippen LogP contribution in [0.2, 0.25) is 0 Å². The number of hydrogen-bond donors (Lipinski definition) is 1. The number of nitrogens with zero attached hydrogens (tertiary/aromatic N) is 2. The summed E-state index contributed by atoms with van der Waals surface area (Å²) in [5.41, 5.74) is 1.63. The topological polar surface area (TPSA) is 46.5 Å². The number of pyridine rings is 1. The standard InChI is InChI=1S/C21H22F3N3O/c1-13-8-10-17(11-9-13)26-15(3)18(21(22,23)24)20(28-5)27-16(4)19-14(2)7-6-12-25-19/h6-12,26H,3H2,1-2,4-5H3/b20-18-,27-16?. The third kappa shape index (κ3) is 5.22. The van der Waals surface area contributed by atoms with Gasteiger partial charge in [0, 0.05) is 17.6 Å². The van der Waals surface area contributed by atoms with Crippen molar-refractivity contribution in [3.8, 4) is 0 Å². The smallest absolute Gasteiger partial charge is 0.423 e. The van der Waals surface area contributed by atoms with Gasteiger partial charge < -0.3 is 10.1 Å². The van der Waals surface area contributed by atoms with Crippen LogP contribution in [0.15, 0.2) is 71.3 Å². The van der Waals surface area contributed by atoms with Gasteiger partial charge in [0.15, 0.2) is 0 Å². The second kappa shape index (κ2) is 8.73. The first-order valence-electron chi connectivity index (χ1n) is 8.49. The lowest BCUT2D eigenvalue weighted by atomic mass is 10.1. The van der Waals surface area contributed by atoms with Crippen LogP contribution in [0.4, 0.5) is 18.9 Å². The van der Waals surface area contributed by atoms with E-state index in [1.807, 2.05) is 6.92 Å². The molecule has 0 bridgehead atoms. The monoisotopic (exact) mass is 389 g/mol. The Morgan fingerprint density at radius 2 is 1.79 bits per heavy atom. The van der Waals surface area contributed by atoms with E-state index in [1.54, 1.807) is 56.4 Å². The van der Waals surface area contributed by atoms with E-state index in [0.29, 0.717) is 17.1 Å². The third-order valence-electron chi connectivity index (χ3n) is 3.96. The Hall–Kier alpha value is -3.09. The molecule has 0 spiro atoms. The summed E-state index contributed by atoms with van der Waals surface area (Å²) in [6.45, 7) is 8.83. The van der Waals surface area contributed by atoms with E-state index in [2.05, 4.69) is 21.9 Å². The lowest BCUT2D eigenvalue weighted by Gasteiger charge is -2.18. The van der Waals surface area contributed by atoms with Crippen LogP contribution in [0.5, 0.6) is 0 Å². The van der Waals surface area contributed by atoms with Gasteiger partial charge in [-0.3, -0.25) is 4.98 Å². The molecule has 1 N–H and O–H groups in total. The fraction of sp³-hybridized carbons (Fsp3) is 0.238. The minimum atomic E-state index is -4.72. The third-order valence-corrected chi connectivity index (χ3v) is 3.96. The molecular formula is C21H22F3N3O. The molecule has 4 nitrogen and oxygen atoms in total. The Morgan fingerprint density at radius 1 is 1.14 bits per heavy atom. The van der Waals surface area contributed by atoms with Gasteiger partial charge >= 0.3 is 6.18 Å². The number of hydrogen-bond acceptors (Lipinski definition) is 4. The van der Waals surface area contributed by atoms with Gasteiger partial charge in [0.1, 0.15) is 5.57 Å². The first kappa shape index (κ1) is 21.2. The Kier molecular flexibility index (Phi) is 6.62. The van der Waals surface area contributed by atoms with Crippen molar-refractivity contribution in [3.63, 3.8) is 0 Å². The van der Waals surface area contributed by atoms with Crippen molar-refractivity contribution in [2.24, 2.45) is 4.99 Å². The van der Waals surface area contributed by atoms with Gasteiger partial charge in [-0.2, -0.15) is 13.2 Å². The summed E-state index contributed by atoms with van der Waals surface area (Å²) in [5, 5.41) is 2.68. The number of allylic oxidation sites excluding steroid dienone is 1. The first-order chi connectivity index (χ1) is 13.1. The Bertz CT molecular complexity index is 913. The van der Waals surface area contributed by atoms with E-state index in [0.717, 1.165) is 18.2 Å². The van der Waals surface area contributed by atoms with E-state index in [4.69, 9.17) is 4.74 Å². The molecule has 0 saturated heterocycles. The zero-order valence-electron chi connectivity index (χ0n) is 16.2. The Balaban J connectivity index is 2.48. The summed E-state index contributed by atoms with van der Waals surface area (Å²) >= 11 is 0.